The third-order valence-corrected chi connectivity index (χ3v) is 7.89. The standard InChI is InChI=1S/C32H59N3O5/c1-4-5-6-7-8-9-10-11-12-13-14-15-16-17-18-20-28(37)34-23-19-24-35(26-25-34)29(38)21-22-33-31(40)30(39)32(2,3)27-36/h11-12,30,36,39H,4-10,13-27H2,1-3H3,(H,33,40). The van der Waals surface area contributed by atoms with Gasteiger partial charge in [-0.25, -0.2) is 0 Å². The molecule has 1 unspecified atom stereocenters. The highest BCUT2D eigenvalue weighted by molar-refractivity contribution is 5.82. The maximum Gasteiger partial charge on any atom is 0.249 e. The molecule has 0 aromatic heterocycles. The van der Waals surface area contributed by atoms with E-state index in [-0.39, 0.29) is 31.4 Å². The Morgan fingerprint density at radius 2 is 1.27 bits per heavy atom. The number of aliphatic hydroxyl groups excluding tert-OH is 2. The van der Waals surface area contributed by atoms with Crippen LogP contribution in [0, 0.1) is 5.41 Å². The molecule has 3 N–H and O–H groups in total. The summed E-state index contributed by atoms with van der Waals surface area (Å²) >= 11 is 0. The molecule has 8 heteroatoms. The fourth-order valence-electron chi connectivity index (χ4n) is 4.91. The zero-order valence-corrected chi connectivity index (χ0v) is 25.8. The Bertz CT molecular complexity index is 740. The van der Waals surface area contributed by atoms with Gasteiger partial charge in [0.25, 0.3) is 0 Å². The number of nitrogens with one attached hydrogen (secondary N) is 1. The van der Waals surface area contributed by atoms with Crippen LogP contribution in [0.4, 0.5) is 0 Å². The molecule has 0 aromatic carbocycles. The first kappa shape index (κ1) is 36.1. The average Bonchev–Trinajstić information content (AvgIpc) is 3.21. The third kappa shape index (κ3) is 15.8. The molecule has 1 aliphatic heterocycles. The summed E-state index contributed by atoms with van der Waals surface area (Å²) in [6.45, 7) is 7.60. The lowest BCUT2D eigenvalue weighted by Gasteiger charge is -2.27. The number of aliphatic hydroxyl groups is 2. The van der Waals surface area contributed by atoms with Gasteiger partial charge < -0.3 is 25.3 Å². The molecule has 1 rings (SSSR count). The molecule has 0 bridgehead atoms. The van der Waals surface area contributed by atoms with Crippen molar-refractivity contribution in [2.75, 3.05) is 39.3 Å². The van der Waals surface area contributed by atoms with Gasteiger partial charge >= 0.3 is 0 Å². The molecule has 1 saturated heterocycles. The summed E-state index contributed by atoms with van der Waals surface area (Å²) in [4.78, 5) is 41.1. The van der Waals surface area contributed by atoms with E-state index >= 15 is 0 Å². The molecular formula is C32H59N3O5. The SMILES string of the molecule is CCCCCCCCC=CCCCCCCCC(=O)N1CCCN(C(=O)CCNC(=O)C(O)C(C)(C)CO)CC1. The van der Waals surface area contributed by atoms with Gasteiger partial charge in [-0.2, -0.15) is 0 Å². The summed E-state index contributed by atoms with van der Waals surface area (Å²) in [5.41, 5.74) is -0.946. The molecule has 1 atom stereocenters. The van der Waals surface area contributed by atoms with Gasteiger partial charge in [0.1, 0.15) is 6.10 Å². The maximum atomic E-state index is 12.7. The number of amides is 3. The van der Waals surface area contributed by atoms with E-state index in [0.29, 0.717) is 32.6 Å². The maximum absolute atomic E-state index is 12.7. The van der Waals surface area contributed by atoms with Crippen LogP contribution in [0.2, 0.25) is 0 Å². The van der Waals surface area contributed by atoms with Crippen LogP contribution in [-0.2, 0) is 14.4 Å². The Morgan fingerprint density at radius 1 is 0.775 bits per heavy atom. The second-order valence-corrected chi connectivity index (χ2v) is 12.0. The Kier molecular flexibility index (Phi) is 19.6. The highest BCUT2D eigenvalue weighted by atomic mass is 16.3. The minimum Gasteiger partial charge on any atom is -0.396 e. The average molecular weight is 566 g/mol. The van der Waals surface area contributed by atoms with E-state index < -0.39 is 17.4 Å². The Hall–Kier alpha value is -1.93. The summed E-state index contributed by atoms with van der Waals surface area (Å²) in [6, 6.07) is 0. The Balaban J connectivity index is 2.11. The molecule has 0 aliphatic carbocycles. The fraction of sp³-hybridized carbons (Fsp3) is 0.844. The Labute approximate surface area is 243 Å². The van der Waals surface area contributed by atoms with E-state index in [1.807, 2.05) is 4.90 Å². The lowest BCUT2D eigenvalue weighted by atomic mass is 9.87. The lowest BCUT2D eigenvalue weighted by molar-refractivity contribution is -0.137. The van der Waals surface area contributed by atoms with Crippen molar-refractivity contribution >= 4 is 17.7 Å². The van der Waals surface area contributed by atoms with E-state index in [4.69, 9.17) is 0 Å². The highest BCUT2D eigenvalue weighted by Crippen LogP contribution is 2.19. The smallest absolute Gasteiger partial charge is 0.249 e. The minimum atomic E-state index is -1.34. The molecule has 0 radical (unpaired) electrons. The second kappa shape index (κ2) is 21.8. The topological polar surface area (TPSA) is 110 Å². The molecule has 0 spiro atoms. The van der Waals surface area contributed by atoms with Gasteiger partial charge in [-0.1, -0.05) is 84.3 Å². The largest absolute Gasteiger partial charge is 0.396 e. The molecule has 8 nitrogen and oxygen atoms in total. The van der Waals surface area contributed by atoms with E-state index in [2.05, 4.69) is 24.4 Å². The van der Waals surface area contributed by atoms with Crippen molar-refractivity contribution in [3.8, 4) is 0 Å². The van der Waals surface area contributed by atoms with Gasteiger partial charge in [0, 0.05) is 51.0 Å². The van der Waals surface area contributed by atoms with Crippen LogP contribution in [0.25, 0.3) is 0 Å². The molecule has 0 saturated carbocycles. The molecule has 1 fully saturated rings. The van der Waals surface area contributed by atoms with E-state index in [9.17, 15) is 24.6 Å². The lowest BCUT2D eigenvalue weighted by Crippen LogP contribution is -2.46. The van der Waals surface area contributed by atoms with Gasteiger partial charge in [-0.15, -0.1) is 0 Å². The van der Waals surface area contributed by atoms with Gasteiger partial charge in [0.05, 0.1) is 6.61 Å². The number of carbonyl (C=O) groups is 3. The van der Waals surface area contributed by atoms with Crippen LogP contribution < -0.4 is 5.32 Å². The van der Waals surface area contributed by atoms with E-state index in [0.717, 1.165) is 25.7 Å². The van der Waals surface area contributed by atoms with Crippen LogP contribution >= 0.6 is 0 Å². The van der Waals surface area contributed by atoms with E-state index in [1.165, 1.54) is 64.2 Å². The van der Waals surface area contributed by atoms with Crippen molar-refractivity contribution in [2.24, 2.45) is 5.41 Å². The number of unbranched alkanes of at least 4 members (excludes halogenated alkanes) is 11. The normalized spacial score (nSPS) is 15.3. The zero-order chi connectivity index (χ0) is 29.6. The summed E-state index contributed by atoms with van der Waals surface area (Å²) in [5.74, 6) is -0.474. The highest BCUT2D eigenvalue weighted by Gasteiger charge is 2.33. The van der Waals surface area contributed by atoms with Crippen LogP contribution in [0.1, 0.15) is 124 Å². The minimum absolute atomic E-state index is 0.0669. The van der Waals surface area contributed by atoms with Gasteiger partial charge in [-0.3, -0.25) is 14.4 Å². The molecule has 40 heavy (non-hydrogen) atoms. The summed E-state index contributed by atoms with van der Waals surface area (Å²) < 4.78 is 0. The second-order valence-electron chi connectivity index (χ2n) is 12.0. The van der Waals surface area contributed by atoms with Crippen molar-refractivity contribution in [3.63, 3.8) is 0 Å². The van der Waals surface area contributed by atoms with Crippen LogP contribution in [0.5, 0.6) is 0 Å². The van der Waals surface area contributed by atoms with Crippen LogP contribution in [-0.4, -0.2) is 83.2 Å². The molecule has 0 aromatic rings. The monoisotopic (exact) mass is 565 g/mol. The number of rotatable bonds is 21. The summed E-state index contributed by atoms with van der Waals surface area (Å²) in [6.07, 6.45) is 20.9. The molecule has 1 heterocycles. The van der Waals surface area contributed by atoms with Gasteiger partial charge in [0.15, 0.2) is 0 Å². The molecular weight excluding hydrogens is 506 g/mol. The quantitative estimate of drug-likeness (QED) is 0.134. The van der Waals surface area contributed by atoms with Gasteiger partial charge in [-0.05, 0) is 38.5 Å². The van der Waals surface area contributed by atoms with Crippen LogP contribution in [0.3, 0.4) is 0 Å². The van der Waals surface area contributed by atoms with Crippen molar-refractivity contribution in [3.05, 3.63) is 12.2 Å². The van der Waals surface area contributed by atoms with Crippen molar-refractivity contribution in [1.29, 1.82) is 0 Å². The van der Waals surface area contributed by atoms with Crippen molar-refractivity contribution in [1.82, 2.24) is 15.1 Å². The number of allylic oxidation sites excluding steroid dienone is 2. The van der Waals surface area contributed by atoms with E-state index in [1.54, 1.807) is 18.7 Å². The first-order valence-corrected chi connectivity index (χ1v) is 16.0. The number of hydrogen-bond donors (Lipinski definition) is 3. The Morgan fingerprint density at radius 3 is 1.82 bits per heavy atom. The van der Waals surface area contributed by atoms with Gasteiger partial charge in [0.2, 0.25) is 17.7 Å². The van der Waals surface area contributed by atoms with Crippen LogP contribution in [0.15, 0.2) is 12.2 Å². The number of carbonyl (C=O) groups excluding carboxylic acids is 3. The molecule has 232 valence electrons. The molecule has 3 amide bonds. The zero-order valence-electron chi connectivity index (χ0n) is 25.8. The summed E-state index contributed by atoms with van der Waals surface area (Å²) in [5, 5.41) is 21.9. The third-order valence-electron chi connectivity index (χ3n) is 7.89. The first-order valence-electron chi connectivity index (χ1n) is 16.0. The van der Waals surface area contributed by atoms with Crippen molar-refractivity contribution < 1.29 is 24.6 Å². The predicted molar refractivity (Wildman–Crippen MR) is 162 cm³/mol. The number of hydrogen-bond acceptors (Lipinski definition) is 5. The van der Waals surface area contributed by atoms with Crippen molar-refractivity contribution in [2.45, 2.75) is 130 Å². The predicted octanol–water partition coefficient (Wildman–Crippen LogP) is 4.97. The fourth-order valence-corrected chi connectivity index (χ4v) is 4.91. The summed E-state index contributed by atoms with van der Waals surface area (Å²) in [7, 11) is 0. The first-order chi connectivity index (χ1) is 19.2. The number of nitrogens with zero attached hydrogens (tertiary/aromatic N) is 2. The molecule has 1 aliphatic rings.